The van der Waals surface area contributed by atoms with Crippen LogP contribution in [0.5, 0.6) is 0 Å². The summed E-state index contributed by atoms with van der Waals surface area (Å²) in [5.41, 5.74) is 0. The van der Waals surface area contributed by atoms with E-state index < -0.39 is 0 Å². The Balaban J connectivity index is 4.22. The van der Waals surface area contributed by atoms with Crippen LogP contribution >= 0.6 is 0 Å². The minimum atomic E-state index is 0.323. The molecule has 7 nitrogen and oxygen atoms in total. The number of rotatable bonds is 16. The van der Waals surface area contributed by atoms with E-state index in [1.54, 1.807) is 21.3 Å². The van der Waals surface area contributed by atoms with Gasteiger partial charge in [-0.25, -0.2) is 0 Å². The van der Waals surface area contributed by atoms with Crippen molar-refractivity contribution in [3.63, 3.8) is 0 Å². The molecule has 0 atom stereocenters. The molecule has 0 heterocycles. The van der Waals surface area contributed by atoms with Gasteiger partial charge in [0.05, 0.1) is 26.4 Å². The van der Waals surface area contributed by atoms with Gasteiger partial charge in [-0.2, -0.15) is 0 Å². The first-order valence-electron chi connectivity index (χ1n) is 7.29. The molecule has 0 aliphatic heterocycles. The lowest BCUT2D eigenvalue weighted by atomic mass is 10.3. The van der Waals surface area contributed by atoms with Crippen LogP contribution in [0.25, 0.3) is 0 Å². The van der Waals surface area contributed by atoms with Crippen LogP contribution in [0.2, 0.25) is 0 Å². The number of hydrogen-bond acceptors (Lipinski definition) is 6. The average Bonchev–Trinajstić information content (AvgIpc) is 2.51. The Morgan fingerprint density at radius 3 is 1.19 bits per heavy atom. The summed E-state index contributed by atoms with van der Waals surface area (Å²) in [5.74, 6) is 0. The lowest BCUT2D eigenvalue weighted by Crippen LogP contribution is -2.53. The van der Waals surface area contributed by atoms with Crippen molar-refractivity contribution < 1.29 is 32.9 Å². The average molecular weight is 310 g/mol. The van der Waals surface area contributed by atoms with Gasteiger partial charge in [-0.1, -0.05) is 0 Å². The summed E-state index contributed by atoms with van der Waals surface area (Å²) in [6.45, 7) is 8.76. The first-order chi connectivity index (χ1) is 10.2. The number of methoxy groups -OCH3 is 3. The van der Waals surface area contributed by atoms with Crippen LogP contribution in [0.3, 0.4) is 0 Å². The van der Waals surface area contributed by atoms with Crippen LogP contribution < -0.4 is 0 Å². The fourth-order valence-electron chi connectivity index (χ4n) is 2.01. The van der Waals surface area contributed by atoms with E-state index in [2.05, 4.69) is 6.92 Å². The van der Waals surface area contributed by atoms with Crippen molar-refractivity contribution in [2.75, 3.05) is 87.7 Å². The molecule has 0 unspecified atom stereocenters. The molecule has 0 aromatic rings. The van der Waals surface area contributed by atoms with Gasteiger partial charge in [0.2, 0.25) is 0 Å². The molecule has 0 rings (SSSR count). The van der Waals surface area contributed by atoms with E-state index in [0.29, 0.717) is 40.2 Å². The van der Waals surface area contributed by atoms with Gasteiger partial charge >= 0.3 is 0 Å². The van der Waals surface area contributed by atoms with E-state index in [9.17, 15) is 0 Å². The molecule has 0 radical (unpaired) electrons. The zero-order chi connectivity index (χ0) is 15.8. The molecular formula is C14H32NO6+. The highest BCUT2D eigenvalue weighted by molar-refractivity contribution is 4.44. The van der Waals surface area contributed by atoms with Crippen LogP contribution in [0, 0.1) is 0 Å². The Bertz CT molecular complexity index is 186. The fourth-order valence-corrected chi connectivity index (χ4v) is 2.01. The second-order valence-electron chi connectivity index (χ2n) is 4.77. The lowest BCUT2D eigenvalue weighted by Gasteiger charge is -2.37. The third-order valence-corrected chi connectivity index (χ3v) is 3.40. The first-order valence-corrected chi connectivity index (χ1v) is 7.29. The van der Waals surface area contributed by atoms with Crippen molar-refractivity contribution in [2.24, 2.45) is 0 Å². The summed E-state index contributed by atoms with van der Waals surface area (Å²) in [6, 6.07) is 0. The smallest absolute Gasteiger partial charge is 0.146 e. The Hall–Kier alpha value is -0.280. The number of likely N-dealkylation sites (N-methyl/N-ethyl adjacent to an activating group) is 1. The van der Waals surface area contributed by atoms with Crippen LogP contribution in [0.1, 0.15) is 6.92 Å². The van der Waals surface area contributed by atoms with E-state index >= 15 is 0 Å². The van der Waals surface area contributed by atoms with E-state index in [4.69, 9.17) is 28.4 Å². The van der Waals surface area contributed by atoms with Crippen LogP contribution in [0.15, 0.2) is 0 Å². The molecule has 0 aromatic heterocycles. The molecule has 0 spiro atoms. The third-order valence-electron chi connectivity index (χ3n) is 3.40. The molecule has 7 heteroatoms. The highest BCUT2D eigenvalue weighted by atomic mass is 16.7. The Kier molecular flexibility index (Phi) is 14.5. The van der Waals surface area contributed by atoms with Crippen molar-refractivity contribution >= 4 is 0 Å². The highest BCUT2D eigenvalue weighted by Crippen LogP contribution is 2.07. The van der Waals surface area contributed by atoms with E-state index in [0.717, 1.165) is 30.7 Å². The maximum absolute atomic E-state index is 5.43. The maximum Gasteiger partial charge on any atom is 0.146 e. The minimum Gasteiger partial charge on any atom is -0.359 e. The molecule has 0 aliphatic carbocycles. The topological polar surface area (TPSA) is 55.4 Å². The van der Waals surface area contributed by atoms with Gasteiger partial charge in [-0.3, -0.25) is 0 Å². The van der Waals surface area contributed by atoms with Gasteiger partial charge in [0, 0.05) is 21.3 Å². The number of quaternary nitrogens is 1. The van der Waals surface area contributed by atoms with E-state index in [1.165, 1.54) is 0 Å². The molecule has 0 saturated carbocycles. The van der Waals surface area contributed by atoms with Crippen molar-refractivity contribution in [1.82, 2.24) is 0 Å². The van der Waals surface area contributed by atoms with Gasteiger partial charge < -0.3 is 32.9 Å². The van der Waals surface area contributed by atoms with Gasteiger partial charge in [-0.05, 0) is 6.92 Å². The zero-order valence-electron chi connectivity index (χ0n) is 14.0. The quantitative estimate of drug-likeness (QED) is 0.237. The normalized spacial score (nSPS) is 12.0. The second-order valence-corrected chi connectivity index (χ2v) is 4.77. The largest absolute Gasteiger partial charge is 0.359 e. The standard InChI is InChI=1S/C14H32NO6/c1-5-15(6-9-19-12-16-2,7-10-20-13-17-3)8-11-21-14-18-4/h5-14H2,1-4H3/q+1. The summed E-state index contributed by atoms with van der Waals surface area (Å²) < 4.78 is 31.9. The highest BCUT2D eigenvalue weighted by Gasteiger charge is 2.25. The van der Waals surface area contributed by atoms with Crippen LogP contribution in [0.4, 0.5) is 0 Å². The molecule has 0 saturated heterocycles. The first kappa shape index (κ1) is 20.7. The van der Waals surface area contributed by atoms with Crippen molar-refractivity contribution in [1.29, 1.82) is 0 Å². The van der Waals surface area contributed by atoms with Gasteiger partial charge in [0.1, 0.15) is 40.0 Å². The number of hydrogen-bond donors (Lipinski definition) is 0. The zero-order valence-corrected chi connectivity index (χ0v) is 14.0. The molecule has 0 amide bonds. The fraction of sp³-hybridized carbons (Fsp3) is 1.00. The maximum atomic E-state index is 5.43. The molecular weight excluding hydrogens is 278 g/mol. The SMILES string of the molecule is CC[N+](CCOCOC)(CCOCOC)CCOCOC. The van der Waals surface area contributed by atoms with Crippen molar-refractivity contribution in [2.45, 2.75) is 6.92 Å². The lowest BCUT2D eigenvalue weighted by molar-refractivity contribution is -0.927. The Morgan fingerprint density at radius 1 is 0.619 bits per heavy atom. The summed E-state index contributed by atoms with van der Waals surface area (Å²) >= 11 is 0. The Labute approximate surface area is 128 Å². The molecule has 0 aromatic carbocycles. The molecule has 0 aliphatic rings. The van der Waals surface area contributed by atoms with Gasteiger partial charge in [0.25, 0.3) is 0 Å². The predicted octanol–water partition coefficient (Wildman–Crippen LogP) is 0.685. The predicted molar refractivity (Wildman–Crippen MR) is 78.9 cm³/mol. The summed E-state index contributed by atoms with van der Waals surface area (Å²) in [6.07, 6.45) is 0. The Morgan fingerprint density at radius 2 is 0.952 bits per heavy atom. The number of ether oxygens (including phenoxy) is 6. The molecule has 21 heavy (non-hydrogen) atoms. The monoisotopic (exact) mass is 310 g/mol. The van der Waals surface area contributed by atoms with E-state index in [-0.39, 0.29) is 0 Å². The summed E-state index contributed by atoms with van der Waals surface area (Å²) in [7, 11) is 4.87. The molecule has 128 valence electrons. The number of nitrogens with zero attached hydrogens (tertiary/aromatic N) is 1. The van der Waals surface area contributed by atoms with Gasteiger partial charge in [0.15, 0.2) is 0 Å². The van der Waals surface area contributed by atoms with Gasteiger partial charge in [-0.15, -0.1) is 0 Å². The third kappa shape index (κ3) is 11.0. The summed E-state index contributed by atoms with van der Waals surface area (Å²) in [5, 5.41) is 0. The van der Waals surface area contributed by atoms with Crippen molar-refractivity contribution in [3.8, 4) is 0 Å². The second kappa shape index (κ2) is 14.6. The summed E-state index contributed by atoms with van der Waals surface area (Å²) in [4.78, 5) is 0. The van der Waals surface area contributed by atoms with Crippen molar-refractivity contribution in [3.05, 3.63) is 0 Å². The molecule has 0 bridgehead atoms. The molecule has 0 fully saturated rings. The minimum absolute atomic E-state index is 0.323. The van der Waals surface area contributed by atoms with Crippen LogP contribution in [-0.2, 0) is 28.4 Å². The van der Waals surface area contributed by atoms with E-state index in [1.807, 2.05) is 0 Å². The molecule has 0 N–H and O–H groups in total. The van der Waals surface area contributed by atoms with Crippen LogP contribution in [-0.4, -0.2) is 92.2 Å².